The van der Waals surface area contributed by atoms with Gasteiger partial charge in [-0.3, -0.25) is 14.5 Å². The van der Waals surface area contributed by atoms with E-state index in [-0.39, 0.29) is 30.3 Å². The Kier molecular flexibility index (Phi) is 3.39. The third-order valence-electron chi connectivity index (χ3n) is 5.93. The Bertz CT molecular complexity index is 699. The standard InChI is InChI=1S/C17H21NO6/c1-8-5-10-14(16(21)18(2)15(10)20)11-6-13(24-17(8,11)22)12-4-3-9(7-19)23-12/h3-4,8,10-11,13-14,19,22H,5-7H2,1-2H3/t8-,10-,11-,13-,14-,17+/m0/s1. The van der Waals surface area contributed by atoms with Crippen molar-refractivity contribution in [3.05, 3.63) is 23.7 Å². The van der Waals surface area contributed by atoms with Crippen LogP contribution in [0.4, 0.5) is 0 Å². The molecule has 1 aromatic rings. The summed E-state index contributed by atoms with van der Waals surface area (Å²) in [4.78, 5) is 26.0. The van der Waals surface area contributed by atoms with Crippen molar-refractivity contribution < 1.29 is 29.0 Å². The molecule has 0 bridgehead atoms. The number of aliphatic hydroxyl groups excluding tert-OH is 1. The number of rotatable bonds is 2. The lowest BCUT2D eigenvalue weighted by atomic mass is 9.65. The molecule has 2 aliphatic heterocycles. The van der Waals surface area contributed by atoms with Crippen molar-refractivity contribution >= 4 is 11.8 Å². The molecule has 3 fully saturated rings. The van der Waals surface area contributed by atoms with E-state index in [1.807, 2.05) is 6.92 Å². The second-order valence-corrected chi connectivity index (χ2v) is 7.17. The van der Waals surface area contributed by atoms with E-state index in [4.69, 9.17) is 14.3 Å². The minimum Gasteiger partial charge on any atom is -0.461 e. The number of ether oxygens (including phenoxy) is 1. The highest BCUT2D eigenvalue weighted by molar-refractivity contribution is 6.05. The summed E-state index contributed by atoms with van der Waals surface area (Å²) in [6, 6.07) is 3.38. The van der Waals surface area contributed by atoms with E-state index in [0.717, 1.165) is 0 Å². The largest absolute Gasteiger partial charge is 0.461 e. The number of fused-ring (bicyclic) bond motifs is 3. The van der Waals surface area contributed by atoms with E-state index >= 15 is 0 Å². The van der Waals surface area contributed by atoms with Crippen LogP contribution in [0.2, 0.25) is 0 Å². The van der Waals surface area contributed by atoms with Gasteiger partial charge in [0, 0.05) is 18.9 Å². The molecule has 2 amide bonds. The normalized spacial score (nSPS) is 41.7. The summed E-state index contributed by atoms with van der Waals surface area (Å²) in [5.41, 5.74) is 0. The van der Waals surface area contributed by atoms with Gasteiger partial charge in [0.15, 0.2) is 5.79 Å². The topological polar surface area (TPSA) is 100 Å². The molecule has 6 atom stereocenters. The first-order chi connectivity index (χ1) is 11.4. The first-order valence-electron chi connectivity index (χ1n) is 8.28. The summed E-state index contributed by atoms with van der Waals surface area (Å²) in [6.07, 6.45) is 0.349. The fraction of sp³-hybridized carbons (Fsp3) is 0.647. The number of furan rings is 1. The number of amides is 2. The molecule has 3 aliphatic rings. The van der Waals surface area contributed by atoms with E-state index in [2.05, 4.69) is 0 Å². The molecule has 0 radical (unpaired) electrons. The third-order valence-corrected chi connectivity index (χ3v) is 5.93. The van der Waals surface area contributed by atoms with E-state index in [0.29, 0.717) is 24.4 Å². The van der Waals surface area contributed by atoms with Gasteiger partial charge in [0.2, 0.25) is 11.8 Å². The van der Waals surface area contributed by atoms with Crippen LogP contribution >= 0.6 is 0 Å². The van der Waals surface area contributed by atoms with E-state index in [9.17, 15) is 14.7 Å². The predicted molar refractivity (Wildman–Crippen MR) is 80.1 cm³/mol. The molecule has 7 nitrogen and oxygen atoms in total. The second-order valence-electron chi connectivity index (χ2n) is 7.17. The summed E-state index contributed by atoms with van der Waals surface area (Å²) in [6.45, 7) is 1.64. The summed E-state index contributed by atoms with van der Waals surface area (Å²) in [5.74, 6) is -2.52. The highest BCUT2D eigenvalue weighted by Gasteiger charge is 2.65. The van der Waals surface area contributed by atoms with Crippen LogP contribution in [0.15, 0.2) is 16.5 Å². The summed E-state index contributed by atoms with van der Waals surface area (Å²) in [7, 11) is 1.50. The Hall–Kier alpha value is -1.70. The molecular formula is C17H21NO6. The fourth-order valence-corrected chi connectivity index (χ4v) is 4.63. The Morgan fingerprint density at radius 2 is 2.04 bits per heavy atom. The molecule has 130 valence electrons. The zero-order valence-electron chi connectivity index (χ0n) is 13.6. The summed E-state index contributed by atoms with van der Waals surface area (Å²) in [5, 5.41) is 20.3. The minimum absolute atomic E-state index is 0.164. The van der Waals surface area contributed by atoms with Gasteiger partial charge in [-0.1, -0.05) is 6.92 Å². The average Bonchev–Trinajstić information content (AvgIpc) is 3.22. The zero-order valence-corrected chi connectivity index (χ0v) is 13.6. The Morgan fingerprint density at radius 1 is 1.29 bits per heavy atom. The number of hydrogen-bond donors (Lipinski definition) is 2. The molecule has 3 heterocycles. The van der Waals surface area contributed by atoms with Crippen molar-refractivity contribution in [2.45, 2.75) is 38.3 Å². The number of hydrogen-bond acceptors (Lipinski definition) is 6. The molecule has 1 saturated carbocycles. The van der Waals surface area contributed by atoms with E-state index in [1.165, 1.54) is 11.9 Å². The molecule has 7 heteroatoms. The maximum Gasteiger partial charge on any atom is 0.233 e. The Morgan fingerprint density at radius 3 is 2.71 bits per heavy atom. The highest BCUT2D eigenvalue weighted by Crippen LogP contribution is 2.57. The second kappa shape index (κ2) is 5.15. The quantitative estimate of drug-likeness (QED) is 0.776. The first kappa shape index (κ1) is 15.8. The molecule has 0 unspecified atom stereocenters. The smallest absolute Gasteiger partial charge is 0.233 e. The van der Waals surface area contributed by atoms with Crippen LogP contribution in [-0.4, -0.2) is 39.8 Å². The summed E-state index contributed by atoms with van der Waals surface area (Å²) >= 11 is 0. The lowest BCUT2D eigenvalue weighted by Gasteiger charge is -2.43. The number of likely N-dealkylation sites (tertiary alicyclic amines) is 1. The Labute approximate surface area is 139 Å². The number of nitrogens with zero attached hydrogens (tertiary/aromatic N) is 1. The maximum atomic E-state index is 12.5. The number of carbonyl (C=O) groups excluding carboxylic acids is 2. The van der Waals surface area contributed by atoms with Gasteiger partial charge >= 0.3 is 0 Å². The van der Waals surface area contributed by atoms with Crippen LogP contribution in [0.3, 0.4) is 0 Å². The van der Waals surface area contributed by atoms with Crippen molar-refractivity contribution in [3.8, 4) is 0 Å². The maximum absolute atomic E-state index is 12.5. The summed E-state index contributed by atoms with van der Waals surface area (Å²) < 4.78 is 11.5. The molecule has 24 heavy (non-hydrogen) atoms. The van der Waals surface area contributed by atoms with E-state index in [1.54, 1.807) is 12.1 Å². The molecule has 1 aliphatic carbocycles. The highest BCUT2D eigenvalue weighted by atomic mass is 16.6. The Balaban J connectivity index is 1.68. The van der Waals surface area contributed by atoms with Crippen molar-refractivity contribution in [2.75, 3.05) is 7.05 Å². The minimum atomic E-state index is -1.45. The van der Waals surface area contributed by atoms with Crippen LogP contribution in [-0.2, 0) is 20.9 Å². The lowest BCUT2D eigenvalue weighted by molar-refractivity contribution is -0.266. The fourth-order valence-electron chi connectivity index (χ4n) is 4.63. The molecular weight excluding hydrogens is 314 g/mol. The van der Waals surface area contributed by atoms with Crippen LogP contribution in [0.1, 0.15) is 37.4 Å². The number of aliphatic hydroxyl groups is 2. The van der Waals surface area contributed by atoms with Gasteiger partial charge in [0.05, 0.1) is 11.8 Å². The SMILES string of the molecule is C[C@H]1C[C@@H]2C(=O)N(C)C(=O)[C@@H]2[C@@H]2C[C@@H](c3ccc(CO)o3)O[C@]12O. The molecule has 0 spiro atoms. The van der Waals surface area contributed by atoms with Gasteiger partial charge in [0.1, 0.15) is 24.2 Å². The molecule has 2 saturated heterocycles. The van der Waals surface area contributed by atoms with Crippen molar-refractivity contribution in [3.63, 3.8) is 0 Å². The van der Waals surface area contributed by atoms with Crippen molar-refractivity contribution in [1.82, 2.24) is 4.90 Å². The van der Waals surface area contributed by atoms with Gasteiger partial charge < -0.3 is 19.4 Å². The van der Waals surface area contributed by atoms with Gasteiger partial charge in [-0.05, 0) is 25.0 Å². The third kappa shape index (κ3) is 1.95. The molecule has 0 aromatic carbocycles. The van der Waals surface area contributed by atoms with Crippen LogP contribution in [0, 0.1) is 23.7 Å². The lowest BCUT2D eigenvalue weighted by Crippen LogP contribution is -2.52. The van der Waals surface area contributed by atoms with Crippen molar-refractivity contribution in [1.29, 1.82) is 0 Å². The van der Waals surface area contributed by atoms with Crippen LogP contribution in [0.25, 0.3) is 0 Å². The van der Waals surface area contributed by atoms with Gasteiger partial charge in [-0.25, -0.2) is 0 Å². The van der Waals surface area contributed by atoms with Crippen LogP contribution in [0.5, 0.6) is 0 Å². The van der Waals surface area contributed by atoms with Gasteiger partial charge in [0.25, 0.3) is 0 Å². The zero-order chi connectivity index (χ0) is 17.2. The first-order valence-corrected chi connectivity index (χ1v) is 8.28. The van der Waals surface area contributed by atoms with Gasteiger partial charge in [-0.15, -0.1) is 0 Å². The molecule has 1 aromatic heterocycles. The average molecular weight is 335 g/mol. The van der Waals surface area contributed by atoms with E-state index < -0.39 is 23.7 Å². The van der Waals surface area contributed by atoms with Gasteiger partial charge in [-0.2, -0.15) is 0 Å². The number of imide groups is 1. The predicted octanol–water partition coefficient (Wildman–Crippen LogP) is 0.809. The van der Waals surface area contributed by atoms with Crippen molar-refractivity contribution in [2.24, 2.45) is 23.7 Å². The number of carbonyl (C=O) groups is 2. The molecule has 2 N–H and O–H groups in total. The monoisotopic (exact) mass is 335 g/mol. The molecule has 4 rings (SSSR count). The van der Waals surface area contributed by atoms with Crippen LogP contribution < -0.4 is 0 Å².